The van der Waals surface area contributed by atoms with Gasteiger partial charge < -0.3 is 15.4 Å². The van der Waals surface area contributed by atoms with Crippen LogP contribution in [0.2, 0.25) is 0 Å². The fraction of sp³-hybridized carbons (Fsp3) is 0.583. The Morgan fingerprint density at radius 3 is 3.19 bits per heavy atom. The molecule has 88 valence electrons. The highest BCUT2D eigenvalue weighted by Gasteiger charge is 2.11. The molecule has 0 radical (unpaired) electrons. The van der Waals surface area contributed by atoms with Crippen LogP contribution in [0.4, 0.5) is 5.82 Å². The van der Waals surface area contributed by atoms with Crippen LogP contribution in [0, 0.1) is 0 Å². The number of ether oxygens (including phenoxy) is 1. The van der Waals surface area contributed by atoms with Gasteiger partial charge >= 0.3 is 0 Å². The Bertz CT molecular complexity index is 322. The summed E-state index contributed by atoms with van der Waals surface area (Å²) >= 11 is 0. The Hall–Kier alpha value is -1.29. The molecule has 1 aromatic heterocycles. The molecular formula is C12H19N3O. The molecule has 1 aliphatic rings. The Morgan fingerprint density at radius 2 is 2.31 bits per heavy atom. The summed E-state index contributed by atoms with van der Waals surface area (Å²) in [4.78, 5) is 4.36. The summed E-state index contributed by atoms with van der Waals surface area (Å²) in [5.74, 6) is 1.57. The monoisotopic (exact) mass is 221 g/mol. The Labute approximate surface area is 96.4 Å². The molecule has 1 unspecified atom stereocenters. The first-order valence-corrected chi connectivity index (χ1v) is 5.87. The third kappa shape index (κ3) is 3.10. The van der Waals surface area contributed by atoms with Crippen LogP contribution in [0.5, 0.6) is 5.88 Å². The van der Waals surface area contributed by atoms with Gasteiger partial charge in [0.1, 0.15) is 5.82 Å². The van der Waals surface area contributed by atoms with Gasteiger partial charge in [0.15, 0.2) is 0 Å². The summed E-state index contributed by atoms with van der Waals surface area (Å²) in [6.07, 6.45) is 3.58. The van der Waals surface area contributed by atoms with Crippen molar-refractivity contribution in [1.82, 2.24) is 10.3 Å². The number of rotatable bonds is 3. The van der Waals surface area contributed by atoms with Crippen molar-refractivity contribution >= 4 is 5.82 Å². The number of hydrogen-bond acceptors (Lipinski definition) is 4. The van der Waals surface area contributed by atoms with Gasteiger partial charge in [-0.2, -0.15) is 4.98 Å². The molecule has 16 heavy (non-hydrogen) atoms. The summed E-state index contributed by atoms with van der Waals surface area (Å²) in [6, 6.07) is 6.33. The van der Waals surface area contributed by atoms with Crippen molar-refractivity contribution in [3.8, 4) is 5.88 Å². The number of aromatic nitrogens is 1. The Kier molecular flexibility index (Phi) is 3.99. The first-order chi connectivity index (χ1) is 7.88. The van der Waals surface area contributed by atoms with Crippen LogP contribution in [0.3, 0.4) is 0 Å². The van der Waals surface area contributed by atoms with E-state index in [0.29, 0.717) is 11.9 Å². The van der Waals surface area contributed by atoms with Gasteiger partial charge in [0.25, 0.3) is 0 Å². The first kappa shape index (κ1) is 11.2. The molecule has 0 amide bonds. The lowest BCUT2D eigenvalue weighted by molar-refractivity contribution is 0.398. The third-order valence-corrected chi connectivity index (χ3v) is 2.86. The summed E-state index contributed by atoms with van der Waals surface area (Å²) in [5.41, 5.74) is 0. The predicted molar refractivity (Wildman–Crippen MR) is 64.9 cm³/mol. The topological polar surface area (TPSA) is 46.2 Å². The van der Waals surface area contributed by atoms with E-state index < -0.39 is 0 Å². The van der Waals surface area contributed by atoms with Crippen molar-refractivity contribution in [3.05, 3.63) is 18.2 Å². The zero-order valence-corrected chi connectivity index (χ0v) is 9.70. The molecule has 1 aromatic rings. The quantitative estimate of drug-likeness (QED) is 0.814. The molecule has 0 bridgehead atoms. The fourth-order valence-corrected chi connectivity index (χ4v) is 1.98. The zero-order valence-electron chi connectivity index (χ0n) is 9.70. The van der Waals surface area contributed by atoms with Crippen LogP contribution < -0.4 is 15.4 Å². The van der Waals surface area contributed by atoms with Gasteiger partial charge in [-0.25, -0.2) is 0 Å². The van der Waals surface area contributed by atoms with Crippen LogP contribution >= 0.6 is 0 Å². The van der Waals surface area contributed by atoms with Gasteiger partial charge in [0, 0.05) is 12.1 Å². The maximum atomic E-state index is 5.11. The highest BCUT2D eigenvalue weighted by molar-refractivity contribution is 5.38. The molecule has 2 heterocycles. The Morgan fingerprint density at radius 1 is 1.38 bits per heavy atom. The number of methoxy groups -OCH3 is 1. The van der Waals surface area contributed by atoms with E-state index in [4.69, 9.17) is 4.74 Å². The van der Waals surface area contributed by atoms with Crippen LogP contribution in [0.25, 0.3) is 0 Å². The normalized spacial score (nSPS) is 21.2. The van der Waals surface area contributed by atoms with Gasteiger partial charge in [-0.15, -0.1) is 0 Å². The molecule has 4 nitrogen and oxygen atoms in total. The second kappa shape index (κ2) is 5.70. The zero-order chi connectivity index (χ0) is 11.2. The largest absolute Gasteiger partial charge is 0.481 e. The molecule has 2 N–H and O–H groups in total. The van der Waals surface area contributed by atoms with E-state index in [1.807, 2.05) is 18.2 Å². The minimum Gasteiger partial charge on any atom is -0.481 e. The number of anilines is 1. The summed E-state index contributed by atoms with van der Waals surface area (Å²) in [5, 5.41) is 6.86. The molecule has 0 saturated carbocycles. The van der Waals surface area contributed by atoms with Gasteiger partial charge in [-0.1, -0.05) is 6.07 Å². The Balaban J connectivity index is 1.96. The van der Waals surface area contributed by atoms with E-state index in [1.165, 1.54) is 12.8 Å². The van der Waals surface area contributed by atoms with Crippen LogP contribution in [0.1, 0.15) is 19.3 Å². The standard InChI is InChI=1S/C12H19N3O/c1-16-12-6-2-5-11(15-12)14-10-4-3-8-13-9-7-10/h2,5-6,10,13H,3-4,7-9H2,1H3,(H,14,15). The second-order valence-electron chi connectivity index (χ2n) is 4.09. The highest BCUT2D eigenvalue weighted by atomic mass is 16.5. The van der Waals surface area contributed by atoms with E-state index in [-0.39, 0.29) is 0 Å². The number of nitrogens with zero attached hydrogens (tertiary/aromatic N) is 1. The van der Waals surface area contributed by atoms with Gasteiger partial charge in [0.2, 0.25) is 5.88 Å². The van der Waals surface area contributed by atoms with Gasteiger partial charge in [-0.3, -0.25) is 0 Å². The average Bonchev–Trinajstić information content (AvgIpc) is 2.58. The third-order valence-electron chi connectivity index (χ3n) is 2.86. The molecule has 0 aromatic carbocycles. The first-order valence-electron chi connectivity index (χ1n) is 5.87. The van der Waals surface area contributed by atoms with Crippen LogP contribution in [0.15, 0.2) is 18.2 Å². The summed E-state index contributed by atoms with van der Waals surface area (Å²) in [7, 11) is 1.64. The molecule has 1 saturated heterocycles. The molecular weight excluding hydrogens is 202 g/mol. The number of nitrogens with one attached hydrogen (secondary N) is 2. The van der Waals surface area contributed by atoms with Crippen LogP contribution in [-0.2, 0) is 0 Å². The van der Waals surface area contributed by atoms with E-state index >= 15 is 0 Å². The molecule has 1 atom stereocenters. The van der Waals surface area contributed by atoms with Crippen molar-refractivity contribution in [2.45, 2.75) is 25.3 Å². The fourth-order valence-electron chi connectivity index (χ4n) is 1.98. The van der Waals surface area contributed by atoms with E-state index in [2.05, 4.69) is 15.6 Å². The summed E-state index contributed by atoms with van der Waals surface area (Å²) in [6.45, 7) is 2.21. The minimum atomic E-state index is 0.523. The number of pyridine rings is 1. The van der Waals surface area contributed by atoms with Crippen molar-refractivity contribution < 1.29 is 4.74 Å². The molecule has 0 aliphatic carbocycles. The van der Waals surface area contributed by atoms with Crippen molar-refractivity contribution in [2.75, 3.05) is 25.5 Å². The van der Waals surface area contributed by atoms with E-state index in [0.717, 1.165) is 25.3 Å². The molecule has 1 fully saturated rings. The predicted octanol–water partition coefficient (Wildman–Crippen LogP) is 1.64. The van der Waals surface area contributed by atoms with Crippen LogP contribution in [-0.4, -0.2) is 31.2 Å². The minimum absolute atomic E-state index is 0.523. The second-order valence-corrected chi connectivity index (χ2v) is 4.09. The van der Waals surface area contributed by atoms with Gasteiger partial charge in [-0.05, 0) is 38.4 Å². The summed E-state index contributed by atoms with van der Waals surface area (Å²) < 4.78 is 5.11. The number of hydrogen-bond donors (Lipinski definition) is 2. The maximum Gasteiger partial charge on any atom is 0.214 e. The lowest BCUT2D eigenvalue weighted by atomic mass is 10.1. The molecule has 0 spiro atoms. The highest BCUT2D eigenvalue weighted by Crippen LogP contribution is 2.15. The van der Waals surface area contributed by atoms with Crippen molar-refractivity contribution in [2.24, 2.45) is 0 Å². The average molecular weight is 221 g/mol. The lowest BCUT2D eigenvalue weighted by Crippen LogP contribution is -2.22. The maximum absolute atomic E-state index is 5.11. The lowest BCUT2D eigenvalue weighted by Gasteiger charge is -2.16. The molecule has 4 heteroatoms. The van der Waals surface area contributed by atoms with Gasteiger partial charge in [0.05, 0.1) is 7.11 Å². The smallest absolute Gasteiger partial charge is 0.214 e. The van der Waals surface area contributed by atoms with Crippen molar-refractivity contribution in [3.63, 3.8) is 0 Å². The van der Waals surface area contributed by atoms with E-state index in [1.54, 1.807) is 7.11 Å². The molecule has 2 rings (SSSR count). The molecule has 1 aliphatic heterocycles. The van der Waals surface area contributed by atoms with E-state index in [9.17, 15) is 0 Å². The van der Waals surface area contributed by atoms with Crippen molar-refractivity contribution in [1.29, 1.82) is 0 Å². The SMILES string of the molecule is COc1cccc(NC2CCCNCC2)n1.